The summed E-state index contributed by atoms with van der Waals surface area (Å²) in [6.45, 7) is 3.43. The highest BCUT2D eigenvalue weighted by atomic mass is 16.4. The molecule has 0 spiro atoms. The van der Waals surface area contributed by atoms with Crippen LogP contribution < -0.4 is 5.32 Å². The van der Waals surface area contributed by atoms with Crippen LogP contribution in [0, 0.1) is 0 Å². The number of fused-ring (bicyclic) bond motifs is 1. The molecule has 0 saturated carbocycles. The number of rotatable bonds is 5. The third kappa shape index (κ3) is 3.44. The zero-order valence-corrected chi connectivity index (χ0v) is 12.8. The molecule has 2 amide bonds. The zero-order chi connectivity index (χ0) is 16.3. The third-order valence-electron chi connectivity index (χ3n) is 3.94. The molecule has 0 bridgehead atoms. The molecule has 0 saturated heterocycles. The second-order valence-corrected chi connectivity index (χ2v) is 5.50. The molecule has 2 rings (SSSR count). The maximum Gasteiger partial charge on any atom is 0.323 e. The van der Waals surface area contributed by atoms with Crippen molar-refractivity contribution in [3.05, 3.63) is 29.3 Å². The first-order valence-corrected chi connectivity index (χ1v) is 7.38. The number of nitrogens with zero attached hydrogens (tertiary/aromatic N) is 1. The molecule has 22 heavy (non-hydrogen) atoms. The summed E-state index contributed by atoms with van der Waals surface area (Å²) in [6, 6.07) is 4.92. The zero-order valence-electron chi connectivity index (χ0n) is 12.8. The number of hydrogen-bond acceptors (Lipinski definition) is 3. The number of carboxylic acid groups (broad SMARTS) is 1. The molecule has 6 nitrogen and oxygen atoms in total. The van der Waals surface area contributed by atoms with Gasteiger partial charge in [-0.05, 0) is 43.5 Å². The average molecular weight is 304 g/mol. The van der Waals surface area contributed by atoms with E-state index in [1.165, 1.54) is 4.90 Å². The van der Waals surface area contributed by atoms with Gasteiger partial charge in [0.25, 0.3) is 5.91 Å². The molecule has 1 heterocycles. The van der Waals surface area contributed by atoms with Crippen LogP contribution in [0.15, 0.2) is 18.2 Å². The van der Waals surface area contributed by atoms with Crippen LogP contribution in [0.2, 0.25) is 0 Å². The van der Waals surface area contributed by atoms with Crippen molar-refractivity contribution in [2.24, 2.45) is 0 Å². The van der Waals surface area contributed by atoms with Crippen molar-refractivity contribution in [1.29, 1.82) is 0 Å². The summed E-state index contributed by atoms with van der Waals surface area (Å²) in [6.07, 6.45) is 1.67. The maximum absolute atomic E-state index is 12.6. The van der Waals surface area contributed by atoms with Gasteiger partial charge < -0.3 is 15.3 Å². The summed E-state index contributed by atoms with van der Waals surface area (Å²) < 4.78 is 0. The van der Waals surface area contributed by atoms with Crippen LogP contribution in [0.5, 0.6) is 0 Å². The first-order chi connectivity index (χ1) is 10.4. The Kier molecular flexibility index (Phi) is 4.80. The quantitative estimate of drug-likeness (QED) is 0.869. The predicted octanol–water partition coefficient (Wildman–Crippen LogP) is 1.90. The summed E-state index contributed by atoms with van der Waals surface area (Å²) in [5, 5.41) is 11.8. The number of amides is 2. The molecule has 0 radical (unpaired) electrons. The number of carbonyl (C=O) groups excluding carboxylic acids is 2. The monoisotopic (exact) mass is 304 g/mol. The van der Waals surface area contributed by atoms with Gasteiger partial charge in [0.2, 0.25) is 5.91 Å². The molecule has 118 valence electrons. The Morgan fingerprint density at radius 2 is 2.09 bits per heavy atom. The molecular formula is C16H20N2O4. The Morgan fingerprint density at radius 3 is 2.73 bits per heavy atom. The lowest BCUT2D eigenvalue weighted by atomic mass is 9.99. The van der Waals surface area contributed by atoms with Crippen LogP contribution in [-0.4, -0.2) is 40.4 Å². The maximum atomic E-state index is 12.6. The topological polar surface area (TPSA) is 86.7 Å². The number of nitrogens with one attached hydrogen (secondary N) is 1. The van der Waals surface area contributed by atoms with Crippen molar-refractivity contribution in [2.75, 3.05) is 11.9 Å². The van der Waals surface area contributed by atoms with Crippen LogP contribution in [0.4, 0.5) is 5.69 Å². The van der Waals surface area contributed by atoms with Crippen molar-refractivity contribution in [1.82, 2.24) is 4.90 Å². The van der Waals surface area contributed by atoms with Crippen LogP contribution in [-0.2, 0) is 16.0 Å². The number of carboxylic acids is 1. The first kappa shape index (κ1) is 16.0. The van der Waals surface area contributed by atoms with Gasteiger partial charge in [-0.1, -0.05) is 6.92 Å². The molecular weight excluding hydrogens is 284 g/mol. The van der Waals surface area contributed by atoms with E-state index in [1.807, 2.05) is 13.8 Å². The highest BCUT2D eigenvalue weighted by molar-refractivity contribution is 5.98. The number of aryl methyl sites for hydroxylation is 1. The van der Waals surface area contributed by atoms with E-state index in [2.05, 4.69) is 5.32 Å². The van der Waals surface area contributed by atoms with E-state index in [9.17, 15) is 14.4 Å². The number of carbonyl (C=O) groups is 3. The Bertz CT molecular complexity index is 612. The minimum Gasteiger partial charge on any atom is -0.480 e. The number of benzene rings is 1. The largest absolute Gasteiger partial charge is 0.480 e. The van der Waals surface area contributed by atoms with Gasteiger partial charge in [0, 0.05) is 23.7 Å². The van der Waals surface area contributed by atoms with Gasteiger partial charge in [0.05, 0.1) is 0 Å². The smallest absolute Gasteiger partial charge is 0.323 e. The number of hydrogen-bond donors (Lipinski definition) is 2. The Hall–Kier alpha value is -2.37. The van der Waals surface area contributed by atoms with Gasteiger partial charge in [-0.3, -0.25) is 14.4 Å². The SMILES string of the molecule is CC[C@@H](C)N(CC(=O)O)C(=O)c1ccc2c(c1)CCC(=O)N2. The lowest BCUT2D eigenvalue weighted by molar-refractivity contribution is -0.138. The van der Waals surface area contributed by atoms with Crippen LogP contribution >= 0.6 is 0 Å². The summed E-state index contributed by atoms with van der Waals surface area (Å²) >= 11 is 0. The Balaban J connectivity index is 2.27. The summed E-state index contributed by atoms with van der Waals surface area (Å²) in [4.78, 5) is 36.3. The van der Waals surface area contributed by atoms with Crippen molar-refractivity contribution in [3.8, 4) is 0 Å². The fourth-order valence-electron chi connectivity index (χ4n) is 2.48. The molecule has 1 aliphatic rings. The molecule has 1 atom stereocenters. The standard InChI is InChI=1S/C16H20N2O4/c1-3-10(2)18(9-15(20)21)16(22)12-4-6-13-11(8-12)5-7-14(19)17-13/h4,6,8,10H,3,5,7,9H2,1-2H3,(H,17,19)(H,20,21)/t10-/m1/s1. The second kappa shape index (κ2) is 6.60. The van der Waals surface area contributed by atoms with Crippen LogP contribution in [0.25, 0.3) is 0 Å². The minimum absolute atomic E-state index is 0.0290. The van der Waals surface area contributed by atoms with Crippen LogP contribution in [0.3, 0.4) is 0 Å². The van der Waals surface area contributed by atoms with E-state index in [-0.39, 0.29) is 24.4 Å². The van der Waals surface area contributed by atoms with Crippen molar-refractivity contribution < 1.29 is 19.5 Å². The lowest BCUT2D eigenvalue weighted by Gasteiger charge is -2.27. The third-order valence-corrected chi connectivity index (χ3v) is 3.94. The molecule has 6 heteroatoms. The second-order valence-electron chi connectivity index (χ2n) is 5.50. The Labute approximate surface area is 129 Å². The van der Waals surface area contributed by atoms with Gasteiger partial charge in [0.15, 0.2) is 0 Å². The summed E-state index contributed by atoms with van der Waals surface area (Å²) in [5.74, 6) is -1.35. The number of anilines is 1. The molecule has 0 unspecified atom stereocenters. The van der Waals surface area contributed by atoms with E-state index in [0.717, 1.165) is 11.3 Å². The number of aliphatic carboxylic acids is 1. The van der Waals surface area contributed by atoms with Crippen LogP contribution in [0.1, 0.15) is 42.6 Å². The predicted molar refractivity (Wildman–Crippen MR) is 81.8 cm³/mol. The molecule has 1 aromatic rings. The van der Waals surface area contributed by atoms with E-state index >= 15 is 0 Å². The van der Waals surface area contributed by atoms with Crippen molar-refractivity contribution in [3.63, 3.8) is 0 Å². The molecule has 0 aliphatic carbocycles. The van der Waals surface area contributed by atoms with E-state index in [0.29, 0.717) is 24.8 Å². The van der Waals surface area contributed by atoms with Gasteiger partial charge in [-0.15, -0.1) is 0 Å². The highest BCUT2D eigenvalue weighted by Crippen LogP contribution is 2.24. The highest BCUT2D eigenvalue weighted by Gasteiger charge is 2.24. The van der Waals surface area contributed by atoms with E-state index in [1.54, 1.807) is 18.2 Å². The molecule has 0 fully saturated rings. The van der Waals surface area contributed by atoms with Gasteiger partial charge >= 0.3 is 5.97 Å². The molecule has 2 N–H and O–H groups in total. The molecule has 0 aromatic heterocycles. The van der Waals surface area contributed by atoms with E-state index < -0.39 is 5.97 Å². The Morgan fingerprint density at radius 1 is 1.36 bits per heavy atom. The molecule has 1 aliphatic heterocycles. The summed E-state index contributed by atoms with van der Waals surface area (Å²) in [7, 11) is 0. The van der Waals surface area contributed by atoms with E-state index in [4.69, 9.17) is 5.11 Å². The fourth-order valence-corrected chi connectivity index (χ4v) is 2.48. The molecule has 1 aromatic carbocycles. The fraction of sp³-hybridized carbons (Fsp3) is 0.438. The van der Waals surface area contributed by atoms with Crippen molar-refractivity contribution in [2.45, 2.75) is 39.2 Å². The normalized spacial score (nSPS) is 14.7. The van der Waals surface area contributed by atoms with Gasteiger partial charge in [-0.2, -0.15) is 0 Å². The lowest BCUT2D eigenvalue weighted by Crippen LogP contribution is -2.41. The summed E-state index contributed by atoms with van der Waals surface area (Å²) in [5.41, 5.74) is 2.09. The van der Waals surface area contributed by atoms with Crippen molar-refractivity contribution >= 4 is 23.5 Å². The minimum atomic E-state index is -1.03. The first-order valence-electron chi connectivity index (χ1n) is 7.38. The van der Waals surface area contributed by atoms with Gasteiger partial charge in [-0.25, -0.2) is 0 Å². The van der Waals surface area contributed by atoms with Gasteiger partial charge in [0.1, 0.15) is 6.54 Å². The average Bonchev–Trinajstić information content (AvgIpc) is 2.50.